The van der Waals surface area contributed by atoms with E-state index in [1.807, 2.05) is 12.1 Å². The van der Waals surface area contributed by atoms with Crippen LogP contribution in [0.4, 0.5) is 11.6 Å². The average Bonchev–Trinajstić information content (AvgIpc) is 2.29. The summed E-state index contributed by atoms with van der Waals surface area (Å²) in [5.74, 6) is 0.402. The van der Waals surface area contributed by atoms with Crippen molar-refractivity contribution < 1.29 is 0 Å². The molecule has 2 rings (SSSR count). The van der Waals surface area contributed by atoms with Crippen LogP contribution in [-0.4, -0.2) is 9.97 Å². The highest BCUT2D eigenvalue weighted by Crippen LogP contribution is 2.22. The number of nitrogen functional groups attached to an aromatic ring is 2. The largest absolute Gasteiger partial charge is 0.397 e. The number of hydrogen-bond donors (Lipinski definition) is 3. The van der Waals surface area contributed by atoms with Gasteiger partial charge in [-0.3, -0.25) is 0 Å². The van der Waals surface area contributed by atoms with E-state index in [9.17, 15) is 0 Å². The standard InChI is InChI=1S/C7H7IN4/c8-3-1-4(9)6-5(2-3)11-7(10)12-6/h1-2H,9H2,(H3,10,11,12). The van der Waals surface area contributed by atoms with Crippen LogP contribution in [0.5, 0.6) is 0 Å². The molecule has 0 fully saturated rings. The number of nitrogens with one attached hydrogen (secondary N) is 1. The van der Waals surface area contributed by atoms with Crippen LogP contribution in [0.25, 0.3) is 11.0 Å². The third kappa shape index (κ3) is 1.09. The van der Waals surface area contributed by atoms with E-state index in [4.69, 9.17) is 11.5 Å². The van der Waals surface area contributed by atoms with Gasteiger partial charge in [0.1, 0.15) is 5.52 Å². The van der Waals surface area contributed by atoms with Gasteiger partial charge in [-0.25, -0.2) is 4.98 Å². The lowest BCUT2D eigenvalue weighted by Crippen LogP contribution is -1.87. The van der Waals surface area contributed by atoms with Crippen molar-refractivity contribution in [3.63, 3.8) is 0 Å². The fourth-order valence-corrected chi connectivity index (χ4v) is 1.77. The number of rotatable bonds is 0. The molecule has 62 valence electrons. The highest BCUT2D eigenvalue weighted by molar-refractivity contribution is 14.1. The van der Waals surface area contributed by atoms with E-state index in [0.717, 1.165) is 14.6 Å². The van der Waals surface area contributed by atoms with Gasteiger partial charge in [0, 0.05) is 3.57 Å². The molecule has 0 aliphatic carbocycles. The van der Waals surface area contributed by atoms with E-state index in [-0.39, 0.29) is 0 Å². The minimum atomic E-state index is 0.402. The van der Waals surface area contributed by atoms with E-state index < -0.39 is 0 Å². The maximum Gasteiger partial charge on any atom is 0.198 e. The minimum Gasteiger partial charge on any atom is -0.397 e. The molecule has 0 unspecified atom stereocenters. The number of nitrogens with two attached hydrogens (primary N) is 2. The number of nitrogens with zero attached hydrogens (tertiary/aromatic N) is 1. The Bertz CT molecular complexity index is 434. The molecule has 1 heterocycles. The fraction of sp³-hybridized carbons (Fsp3) is 0. The Morgan fingerprint density at radius 3 is 2.83 bits per heavy atom. The first-order valence-corrected chi connectivity index (χ1v) is 4.45. The van der Waals surface area contributed by atoms with Gasteiger partial charge in [-0.1, -0.05) is 0 Å². The van der Waals surface area contributed by atoms with Crippen molar-refractivity contribution in [1.82, 2.24) is 9.97 Å². The molecule has 0 atom stereocenters. The second kappa shape index (κ2) is 2.51. The zero-order valence-electron chi connectivity index (χ0n) is 6.13. The normalized spacial score (nSPS) is 10.8. The van der Waals surface area contributed by atoms with Crippen molar-refractivity contribution in [2.24, 2.45) is 0 Å². The summed E-state index contributed by atoms with van der Waals surface area (Å²) < 4.78 is 1.07. The van der Waals surface area contributed by atoms with Gasteiger partial charge >= 0.3 is 0 Å². The molecule has 0 bridgehead atoms. The van der Waals surface area contributed by atoms with E-state index in [1.165, 1.54) is 0 Å². The Labute approximate surface area is 82.5 Å². The lowest BCUT2D eigenvalue weighted by molar-refractivity contribution is 1.35. The van der Waals surface area contributed by atoms with Crippen LogP contribution in [0.1, 0.15) is 0 Å². The average molecular weight is 274 g/mol. The summed E-state index contributed by atoms with van der Waals surface area (Å²) in [5.41, 5.74) is 13.5. The van der Waals surface area contributed by atoms with Crippen LogP contribution in [0, 0.1) is 3.57 Å². The first kappa shape index (κ1) is 7.66. The second-order valence-corrected chi connectivity index (χ2v) is 3.76. The Balaban J connectivity index is 2.88. The maximum atomic E-state index is 5.73. The Kier molecular flexibility index (Phi) is 1.60. The molecule has 0 aliphatic heterocycles. The zero-order valence-corrected chi connectivity index (χ0v) is 8.29. The molecule has 0 amide bonds. The van der Waals surface area contributed by atoms with E-state index in [0.29, 0.717) is 11.6 Å². The smallest absolute Gasteiger partial charge is 0.198 e. The first-order chi connectivity index (χ1) is 5.66. The summed E-state index contributed by atoms with van der Waals surface area (Å²) >= 11 is 2.19. The fourth-order valence-electron chi connectivity index (χ4n) is 1.13. The zero-order chi connectivity index (χ0) is 8.72. The van der Waals surface area contributed by atoms with Crippen molar-refractivity contribution in [2.75, 3.05) is 11.5 Å². The van der Waals surface area contributed by atoms with Gasteiger partial charge in [0.2, 0.25) is 0 Å². The predicted octanol–water partition coefficient (Wildman–Crippen LogP) is 1.33. The predicted molar refractivity (Wildman–Crippen MR) is 57.6 cm³/mol. The Morgan fingerprint density at radius 1 is 1.33 bits per heavy atom. The van der Waals surface area contributed by atoms with Gasteiger partial charge in [-0.05, 0) is 34.7 Å². The van der Waals surface area contributed by atoms with Crippen molar-refractivity contribution in [3.05, 3.63) is 15.7 Å². The summed E-state index contributed by atoms with van der Waals surface area (Å²) in [4.78, 5) is 6.97. The number of aromatic amines is 1. The highest BCUT2D eigenvalue weighted by Gasteiger charge is 2.03. The van der Waals surface area contributed by atoms with Crippen molar-refractivity contribution in [1.29, 1.82) is 0 Å². The number of anilines is 2. The molecule has 1 aromatic carbocycles. The number of hydrogen-bond acceptors (Lipinski definition) is 3. The second-order valence-electron chi connectivity index (χ2n) is 2.51. The van der Waals surface area contributed by atoms with Crippen molar-refractivity contribution >= 4 is 45.3 Å². The molecule has 0 saturated carbocycles. The summed E-state index contributed by atoms with van der Waals surface area (Å²) in [7, 11) is 0. The minimum absolute atomic E-state index is 0.402. The maximum absolute atomic E-state index is 5.73. The molecule has 12 heavy (non-hydrogen) atoms. The molecular weight excluding hydrogens is 267 g/mol. The van der Waals surface area contributed by atoms with Gasteiger partial charge in [0.05, 0.1) is 11.2 Å². The monoisotopic (exact) mass is 274 g/mol. The van der Waals surface area contributed by atoms with Gasteiger partial charge in [-0.15, -0.1) is 0 Å². The quantitative estimate of drug-likeness (QED) is 0.500. The molecule has 0 spiro atoms. The molecule has 5 heteroatoms. The lowest BCUT2D eigenvalue weighted by atomic mass is 10.3. The number of halogens is 1. The lowest BCUT2D eigenvalue weighted by Gasteiger charge is -1.94. The van der Waals surface area contributed by atoms with Crippen LogP contribution in [0.15, 0.2) is 12.1 Å². The van der Waals surface area contributed by atoms with Gasteiger partial charge in [-0.2, -0.15) is 0 Å². The van der Waals surface area contributed by atoms with Crippen molar-refractivity contribution in [2.45, 2.75) is 0 Å². The van der Waals surface area contributed by atoms with Crippen LogP contribution in [0.3, 0.4) is 0 Å². The first-order valence-electron chi connectivity index (χ1n) is 3.37. The topological polar surface area (TPSA) is 80.7 Å². The van der Waals surface area contributed by atoms with E-state index in [1.54, 1.807) is 0 Å². The van der Waals surface area contributed by atoms with Gasteiger partial charge in [0.15, 0.2) is 5.95 Å². The number of fused-ring (bicyclic) bond motifs is 1. The number of benzene rings is 1. The molecular formula is C7H7IN4. The van der Waals surface area contributed by atoms with E-state index in [2.05, 4.69) is 32.6 Å². The summed E-state index contributed by atoms with van der Waals surface area (Å²) in [6.45, 7) is 0. The molecule has 0 aliphatic rings. The summed E-state index contributed by atoms with van der Waals surface area (Å²) in [5, 5.41) is 0. The Hall–Kier alpha value is -0.980. The number of H-pyrrole nitrogens is 1. The number of imidazole rings is 1. The SMILES string of the molecule is Nc1nc2c(N)cc(I)cc2[nH]1. The molecule has 2 aromatic rings. The van der Waals surface area contributed by atoms with Crippen LogP contribution < -0.4 is 11.5 Å². The van der Waals surface area contributed by atoms with E-state index >= 15 is 0 Å². The third-order valence-electron chi connectivity index (χ3n) is 1.60. The molecule has 1 aromatic heterocycles. The highest BCUT2D eigenvalue weighted by atomic mass is 127. The third-order valence-corrected chi connectivity index (χ3v) is 2.22. The molecule has 5 N–H and O–H groups in total. The molecule has 0 saturated heterocycles. The van der Waals surface area contributed by atoms with Crippen LogP contribution >= 0.6 is 22.6 Å². The van der Waals surface area contributed by atoms with Crippen LogP contribution in [0.2, 0.25) is 0 Å². The number of aromatic nitrogens is 2. The summed E-state index contributed by atoms with van der Waals surface area (Å²) in [6, 6.07) is 3.82. The Morgan fingerprint density at radius 2 is 2.08 bits per heavy atom. The van der Waals surface area contributed by atoms with Crippen molar-refractivity contribution in [3.8, 4) is 0 Å². The molecule has 4 nitrogen and oxygen atoms in total. The summed E-state index contributed by atoms with van der Waals surface area (Å²) in [6.07, 6.45) is 0. The van der Waals surface area contributed by atoms with Crippen LogP contribution in [-0.2, 0) is 0 Å². The molecule has 0 radical (unpaired) electrons. The van der Waals surface area contributed by atoms with Gasteiger partial charge in [0.25, 0.3) is 0 Å². The van der Waals surface area contributed by atoms with Gasteiger partial charge < -0.3 is 16.5 Å².